The van der Waals surface area contributed by atoms with Crippen molar-refractivity contribution in [2.75, 3.05) is 7.11 Å². The maximum absolute atomic E-state index is 6.45. The summed E-state index contributed by atoms with van der Waals surface area (Å²) < 4.78 is 6.12. The minimum atomic E-state index is -0.0802. The van der Waals surface area contributed by atoms with E-state index in [0.29, 0.717) is 0 Å². The summed E-state index contributed by atoms with van der Waals surface area (Å²) in [6.45, 7) is 0. The molecule has 0 fully saturated rings. The molecule has 0 spiro atoms. The Morgan fingerprint density at radius 2 is 1.84 bits per heavy atom. The van der Waals surface area contributed by atoms with Crippen LogP contribution in [0.25, 0.3) is 0 Å². The molecule has 0 amide bonds. The van der Waals surface area contributed by atoms with Crippen LogP contribution in [0.5, 0.6) is 5.75 Å². The van der Waals surface area contributed by atoms with Crippen LogP contribution in [0.15, 0.2) is 46.9 Å². The van der Waals surface area contributed by atoms with Gasteiger partial charge in [0.25, 0.3) is 0 Å². The topological polar surface area (TPSA) is 9.23 Å². The zero-order valence-electron chi connectivity index (χ0n) is 10.4. The van der Waals surface area contributed by atoms with Crippen LogP contribution in [0.1, 0.15) is 16.5 Å². The summed E-state index contributed by atoms with van der Waals surface area (Å²) >= 11 is 15.8. The zero-order valence-corrected chi connectivity index (χ0v) is 13.5. The first kappa shape index (κ1) is 14.7. The molecule has 2 rings (SSSR count). The summed E-state index contributed by atoms with van der Waals surface area (Å²) in [7, 11) is 1.64. The minimum absolute atomic E-state index is 0.0802. The molecule has 0 aliphatic heterocycles. The molecule has 0 heterocycles. The standard InChI is InChI=1S/C15H13BrCl2O/c1-19-15-7-4-11(9-13(15)16)14(18)8-10-2-5-12(17)6-3-10/h2-7,9,14H,8H2,1H3. The Balaban J connectivity index is 2.13. The van der Waals surface area contributed by atoms with Gasteiger partial charge in [-0.15, -0.1) is 11.6 Å². The van der Waals surface area contributed by atoms with Gasteiger partial charge >= 0.3 is 0 Å². The van der Waals surface area contributed by atoms with Crippen molar-refractivity contribution in [2.45, 2.75) is 11.8 Å². The van der Waals surface area contributed by atoms with Crippen molar-refractivity contribution in [2.24, 2.45) is 0 Å². The SMILES string of the molecule is COc1ccc(C(Cl)Cc2ccc(Cl)cc2)cc1Br. The number of alkyl halides is 1. The van der Waals surface area contributed by atoms with Crippen molar-refractivity contribution in [3.8, 4) is 5.75 Å². The highest BCUT2D eigenvalue weighted by molar-refractivity contribution is 9.10. The van der Waals surface area contributed by atoms with Crippen LogP contribution in [-0.2, 0) is 6.42 Å². The average molecular weight is 360 g/mol. The molecule has 19 heavy (non-hydrogen) atoms. The molecule has 2 aromatic rings. The molecule has 1 nitrogen and oxygen atoms in total. The summed E-state index contributed by atoms with van der Waals surface area (Å²) in [4.78, 5) is 0. The summed E-state index contributed by atoms with van der Waals surface area (Å²) in [6, 6.07) is 13.6. The van der Waals surface area contributed by atoms with E-state index in [-0.39, 0.29) is 5.38 Å². The quantitative estimate of drug-likeness (QED) is 0.642. The van der Waals surface area contributed by atoms with Gasteiger partial charge in [0.15, 0.2) is 0 Å². The molecular formula is C15H13BrCl2O. The predicted molar refractivity (Wildman–Crippen MR) is 84.4 cm³/mol. The monoisotopic (exact) mass is 358 g/mol. The fraction of sp³-hybridized carbons (Fsp3) is 0.200. The smallest absolute Gasteiger partial charge is 0.133 e. The molecule has 0 bridgehead atoms. The highest BCUT2D eigenvalue weighted by atomic mass is 79.9. The molecule has 1 unspecified atom stereocenters. The lowest BCUT2D eigenvalue weighted by Gasteiger charge is -2.12. The second kappa shape index (κ2) is 6.65. The molecule has 2 aromatic carbocycles. The van der Waals surface area contributed by atoms with E-state index in [1.54, 1.807) is 7.11 Å². The van der Waals surface area contributed by atoms with Crippen LogP contribution >= 0.6 is 39.1 Å². The summed E-state index contributed by atoms with van der Waals surface area (Å²) in [5.41, 5.74) is 2.22. The van der Waals surface area contributed by atoms with E-state index < -0.39 is 0 Å². The normalized spacial score (nSPS) is 12.2. The number of rotatable bonds is 4. The van der Waals surface area contributed by atoms with E-state index in [0.717, 1.165) is 32.8 Å². The Hall–Kier alpha value is -0.700. The van der Waals surface area contributed by atoms with Gasteiger partial charge in [0, 0.05) is 5.02 Å². The fourth-order valence-corrected chi connectivity index (χ4v) is 2.82. The molecule has 0 N–H and O–H groups in total. The van der Waals surface area contributed by atoms with Gasteiger partial charge in [-0.05, 0) is 57.7 Å². The molecule has 0 saturated heterocycles. The highest BCUT2D eigenvalue weighted by Crippen LogP contribution is 2.32. The number of hydrogen-bond donors (Lipinski definition) is 0. The van der Waals surface area contributed by atoms with E-state index in [9.17, 15) is 0 Å². The van der Waals surface area contributed by atoms with Crippen LogP contribution in [0.3, 0.4) is 0 Å². The lowest BCUT2D eigenvalue weighted by Crippen LogP contribution is -1.96. The average Bonchev–Trinajstić information content (AvgIpc) is 2.41. The van der Waals surface area contributed by atoms with Gasteiger partial charge in [0.1, 0.15) is 5.75 Å². The Morgan fingerprint density at radius 3 is 2.42 bits per heavy atom. The molecular weight excluding hydrogens is 347 g/mol. The largest absolute Gasteiger partial charge is 0.496 e. The molecule has 0 saturated carbocycles. The van der Waals surface area contributed by atoms with E-state index in [4.69, 9.17) is 27.9 Å². The van der Waals surface area contributed by atoms with Crippen LogP contribution in [0, 0.1) is 0 Å². The Bertz CT molecular complexity index is 555. The number of halogens is 3. The Labute approximate surface area is 131 Å². The lowest BCUT2D eigenvalue weighted by molar-refractivity contribution is 0.412. The van der Waals surface area contributed by atoms with Gasteiger partial charge in [0.2, 0.25) is 0 Å². The molecule has 100 valence electrons. The third-order valence-corrected chi connectivity index (χ3v) is 4.14. The number of methoxy groups -OCH3 is 1. The van der Waals surface area contributed by atoms with Crippen molar-refractivity contribution >= 4 is 39.1 Å². The highest BCUT2D eigenvalue weighted by Gasteiger charge is 2.11. The van der Waals surface area contributed by atoms with Gasteiger partial charge in [-0.2, -0.15) is 0 Å². The van der Waals surface area contributed by atoms with Gasteiger partial charge in [0.05, 0.1) is 17.0 Å². The molecule has 0 radical (unpaired) electrons. The second-order valence-electron chi connectivity index (χ2n) is 4.19. The maximum Gasteiger partial charge on any atom is 0.133 e. The third-order valence-electron chi connectivity index (χ3n) is 2.87. The maximum atomic E-state index is 6.45. The lowest BCUT2D eigenvalue weighted by atomic mass is 10.0. The van der Waals surface area contributed by atoms with Crippen LogP contribution in [-0.4, -0.2) is 7.11 Å². The third kappa shape index (κ3) is 3.88. The minimum Gasteiger partial charge on any atom is -0.496 e. The van der Waals surface area contributed by atoms with Crippen molar-refractivity contribution < 1.29 is 4.74 Å². The van der Waals surface area contributed by atoms with E-state index in [1.165, 1.54) is 0 Å². The van der Waals surface area contributed by atoms with Crippen molar-refractivity contribution in [3.63, 3.8) is 0 Å². The van der Waals surface area contributed by atoms with Gasteiger partial charge < -0.3 is 4.74 Å². The molecule has 4 heteroatoms. The molecule has 1 atom stereocenters. The number of hydrogen-bond acceptors (Lipinski definition) is 1. The zero-order chi connectivity index (χ0) is 13.8. The number of ether oxygens (including phenoxy) is 1. The van der Waals surface area contributed by atoms with Crippen LogP contribution < -0.4 is 4.74 Å². The van der Waals surface area contributed by atoms with E-state index >= 15 is 0 Å². The summed E-state index contributed by atoms with van der Waals surface area (Å²) in [5.74, 6) is 0.805. The van der Waals surface area contributed by atoms with Crippen molar-refractivity contribution in [3.05, 3.63) is 63.1 Å². The van der Waals surface area contributed by atoms with Gasteiger partial charge in [-0.1, -0.05) is 29.8 Å². The number of benzene rings is 2. The van der Waals surface area contributed by atoms with E-state index in [2.05, 4.69) is 15.9 Å². The Kier molecular flexibility index (Phi) is 5.14. The van der Waals surface area contributed by atoms with Crippen LogP contribution in [0.4, 0.5) is 0 Å². The second-order valence-corrected chi connectivity index (χ2v) is 6.01. The van der Waals surface area contributed by atoms with Gasteiger partial charge in [-0.3, -0.25) is 0 Å². The summed E-state index contributed by atoms with van der Waals surface area (Å²) in [6.07, 6.45) is 0.761. The first-order valence-electron chi connectivity index (χ1n) is 5.82. The molecule has 0 aliphatic rings. The van der Waals surface area contributed by atoms with Crippen LogP contribution in [0.2, 0.25) is 5.02 Å². The molecule has 0 aromatic heterocycles. The predicted octanol–water partition coefficient (Wildman–Crippen LogP) is 5.63. The summed E-state index contributed by atoms with van der Waals surface area (Å²) in [5, 5.41) is 0.658. The van der Waals surface area contributed by atoms with E-state index in [1.807, 2.05) is 42.5 Å². The first-order chi connectivity index (χ1) is 9.10. The molecule has 0 aliphatic carbocycles. The van der Waals surface area contributed by atoms with Crippen molar-refractivity contribution in [1.29, 1.82) is 0 Å². The fourth-order valence-electron chi connectivity index (χ4n) is 1.82. The first-order valence-corrected chi connectivity index (χ1v) is 7.43. The Morgan fingerprint density at radius 1 is 1.16 bits per heavy atom. The van der Waals surface area contributed by atoms with Gasteiger partial charge in [-0.25, -0.2) is 0 Å². The van der Waals surface area contributed by atoms with Crippen molar-refractivity contribution in [1.82, 2.24) is 0 Å².